The fourth-order valence-corrected chi connectivity index (χ4v) is 3.88. The molecule has 1 aliphatic heterocycles. The van der Waals surface area contributed by atoms with Crippen molar-refractivity contribution >= 4 is 28.5 Å². The van der Waals surface area contributed by atoms with Crippen molar-refractivity contribution in [3.8, 4) is 16.8 Å². The Bertz CT molecular complexity index is 1370. The zero-order valence-electron chi connectivity index (χ0n) is 17.7. The van der Waals surface area contributed by atoms with Crippen LogP contribution in [-0.4, -0.2) is 61.2 Å². The quantitative estimate of drug-likeness (QED) is 0.430. The standard InChI is InChI=1S/C23H21N9O/c1-2-19(16-12-26-27-13-16)20-14-24-22(29-21(20)3-1)28-17-4-6-18(7-5-17)32-15-25-23(30-32)31-8-10-33-11-9-31/h1-7,12-15H,8-11H2,(H,26,27)(H,24,28,29). The van der Waals surface area contributed by atoms with Crippen LogP contribution in [0.15, 0.2) is 67.4 Å². The van der Waals surface area contributed by atoms with Gasteiger partial charge in [0.05, 0.1) is 30.6 Å². The molecule has 164 valence electrons. The van der Waals surface area contributed by atoms with Gasteiger partial charge in [0.2, 0.25) is 11.9 Å². The number of morpholine rings is 1. The summed E-state index contributed by atoms with van der Waals surface area (Å²) in [7, 11) is 0. The SMILES string of the molecule is c1cc(-c2cn[nH]c2)c2cnc(Nc3ccc(-n4cnc(N5CCOCC5)n4)cc3)nc2c1. The molecule has 6 rings (SSSR count). The van der Waals surface area contributed by atoms with E-state index < -0.39 is 0 Å². The molecule has 2 aromatic carbocycles. The maximum Gasteiger partial charge on any atom is 0.245 e. The zero-order chi connectivity index (χ0) is 22.0. The molecule has 10 heteroatoms. The number of rotatable bonds is 5. The van der Waals surface area contributed by atoms with E-state index >= 15 is 0 Å². The molecular weight excluding hydrogens is 418 g/mol. The van der Waals surface area contributed by atoms with Crippen LogP contribution in [0.25, 0.3) is 27.7 Å². The van der Waals surface area contributed by atoms with Gasteiger partial charge in [-0.05, 0) is 35.9 Å². The summed E-state index contributed by atoms with van der Waals surface area (Å²) in [6.45, 7) is 3.02. The molecule has 3 aromatic heterocycles. The van der Waals surface area contributed by atoms with E-state index in [-0.39, 0.29) is 0 Å². The Labute approximate surface area is 189 Å². The lowest BCUT2D eigenvalue weighted by atomic mass is 10.1. The molecule has 1 saturated heterocycles. The van der Waals surface area contributed by atoms with Gasteiger partial charge in [0, 0.05) is 42.1 Å². The summed E-state index contributed by atoms with van der Waals surface area (Å²) in [5.74, 6) is 1.26. The van der Waals surface area contributed by atoms with Gasteiger partial charge in [-0.15, -0.1) is 5.10 Å². The van der Waals surface area contributed by atoms with Crippen LogP contribution in [0.1, 0.15) is 0 Å². The molecule has 10 nitrogen and oxygen atoms in total. The number of anilines is 3. The molecule has 0 aliphatic carbocycles. The smallest absolute Gasteiger partial charge is 0.245 e. The fraction of sp³-hybridized carbons (Fsp3) is 0.174. The molecule has 0 bridgehead atoms. The minimum Gasteiger partial charge on any atom is -0.378 e. The molecule has 33 heavy (non-hydrogen) atoms. The molecule has 0 amide bonds. The van der Waals surface area contributed by atoms with E-state index in [1.54, 1.807) is 17.2 Å². The van der Waals surface area contributed by atoms with Crippen molar-refractivity contribution < 1.29 is 4.74 Å². The summed E-state index contributed by atoms with van der Waals surface area (Å²) < 4.78 is 7.17. The van der Waals surface area contributed by atoms with Crippen molar-refractivity contribution in [2.45, 2.75) is 0 Å². The van der Waals surface area contributed by atoms with Gasteiger partial charge in [-0.3, -0.25) is 5.10 Å². The molecule has 4 heterocycles. The van der Waals surface area contributed by atoms with E-state index in [0.717, 1.165) is 52.4 Å². The second-order valence-electron chi connectivity index (χ2n) is 7.68. The van der Waals surface area contributed by atoms with Crippen LogP contribution in [0.5, 0.6) is 0 Å². The predicted molar refractivity (Wildman–Crippen MR) is 125 cm³/mol. The Morgan fingerprint density at radius 3 is 2.67 bits per heavy atom. The third-order valence-corrected chi connectivity index (χ3v) is 5.60. The first-order valence-corrected chi connectivity index (χ1v) is 10.7. The number of hydrogen-bond acceptors (Lipinski definition) is 8. The van der Waals surface area contributed by atoms with Crippen molar-refractivity contribution in [2.75, 3.05) is 36.5 Å². The second-order valence-corrected chi connectivity index (χ2v) is 7.68. The number of fused-ring (bicyclic) bond motifs is 1. The Hall–Kier alpha value is -4.31. The largest absolute Gasteiger partial charge is 0.378 e. The van der Waals surface area contributed by atoms with E-state index in [9.17, 15) is 0 Å². The minimum atomic E-state index is 0.537. The van der Waals surface area contributed by atoms with Crippen LogP contribution in [0, 0.1) is 0 Å². The van der Waals surface area contributed by atoms with E-state index in [1.165, 1.54) is 0 Å². The summed E-state index contributed by atoms with van der Waals surface area (Å²) in [4.78, 5) is 15.8. The van der Waals surface area contributed by atoms with E-state index in [1.807, 2.05) is 54.9 Å². The molecular formula is C23H21N9O. The van der Waals surface area contributed by atoms with Crippen LogP contribution < -0.4 is 10.2 Å². The minimum absolute atomic E-state index is 0.537. The monoisotopic (exact) mass is 439 g/mol. The molecule has 0 unspecified atom stereocenters. The maximum absolute atomic E-state index is 5.40. The molecule has 2 N–H and O–H groups in total. The molecule has 0 atom stereocenters. The number of nitrogens with one attached hydrogen (secondary N) is 2. The molecule has 0 saturated carbocycles. The predicted octanol–water partition coefficient (Wildman–Crippen LogP) is 3.18. The van der Waals surface area contributed by atoms with Gasteiger partial charge in [0.25, 0.3) is 0 Å². The normalized spacial score (nSPS) is 14.0. The van der Waals surface area contributed by atoms with Gasteiger partial charge in [-0.25, -0.2) is 14.6 Å². The van der Waals surface area contributed by atoms with Crippen LogP contribution in [-0.2, 0) is 4.74 Å². The third kappa shape index (κ3) is 3.87. The highest BCUT2D eigenvalue weighted by Crippen LogP contribution is 2.27. The lowest BCUT2D eigenvalue weighted by Crippen LogP contribution is -2.37. The van der Waals surface area contributed by atoms with Crippen molar-refractivity contribution in [1.29, 1.82) is 0 Å². The Morgan fingerprint density at radius 1 is 0.970 bits per heavy atom. The topological polar surface area (TPSA) is 110 Å². The molecule has 1 aliphatic rings. The first-order chi connectivity index (χ1) is 16.3. The highest BCUT2D eigenvalue weighted by atomic mass is 16.5. The first kappa shape index (κ1) is 19.4. The van der Waals surface area contributed by atoms with Gasteiger partial charge in [0.15, 0.2) is 0 Å². The Balaban J connectivity index is 1.20. The number of aromatic amines is 1. The fourth-order valence-electron chi connectivity index (χ4n) is 3.88. The molecule has 0 radical (unpaired) electrons. The Morgan fingerprint density at radius 2 is 1.85 bits per heavy atom. The van der Waals surface area contributed by atoms with E-state index in [0.29, 0.717) is 19.2 Å². The maximum atomic E-state index is 5.40. The summed E-state index contributed by atoms with van der Waals surface area (Å²) in [5.41, 5.74) is 4.72. The summed E-state index contributed by atoms with van der Waals surface area (Å²) >= 11 is 0. The molecule has 5 aromatic rings. The number of aromatic nitrogens is 7. The lowest BCUT2D eigenvalue weighted by molar-refractivity contribution is 0.122. The van der Waals surface area contributed by atoms with E-state index in [4.69, 9.17) is 4.74 Å². The van der Waals surface area contributed by atoms with Crippen LogP contribution >= 0.6 is 0 Å². The van der Waals surface area contributed by atoms with E-state index in [2.05, 4.69) is 40.5 Å². The highest BCUT2D eigenvalue weighted by Gasteiger charge is 2.15. The van der Waals surface area contributed by atoms with Crippen molar-refractivity contribution in [1.82, 2.24) is 34.9 Å². The Kier molecular flexibility index (Phi) is 4.89. The summed E-state index contributed by atoms with van der Waals surface area (Å²) in [6, 6.07) is 13.9. The summed E-state index contributed by atoms with van der Waals surface area (Å²) in [5, 5.41) is 15.7. The average molecular weight is 439 g/mol. The summed E-state index contributed by atoms with van der Waals surface area (Å²) in [6.07, 6.45) is 7.23. The molecule has 1 fully saturated rings. The lowest BCUT2D eigenvalue weighted by Gasteiger charge is -2.25. The van der Waals surface area contributed by atoms with Crippen LogP contribution in [0.2, 0.25) is 0 Å². The van der Waals surface area contributed by atoms with Gasteiger partial charge in [-0.2, -0.15) is 10.1 Å². The van der Waals surface area contributed by atoms with Gasteiger partial charge in [0.1, 0.15) is 6.33 Å². The second kappa shape index (κ2) is 8.32. The van der Waals surface area contributed by atoms with Gasteiger partial charge in [-0.1, -0.05) is 12.1 Å². The van der Waals surface area contributed by atoms with Crippen LogP contribution in [0.4, 0.5) is 17.6 Å². The highest BCUT2D eigenvalue weighted by molar-refractivity contribution is 5.94. The number of H-pyrrole nitrogens is 1. The number of hydrogen-bond donors (Lipinski definition) is 2. The number of benzene rings is 2. The van der Waals surface area contributed by atoms with Crippen molar-refractivity contribution in [3.05, 3.63) is 67.4 Å². The number of nitrogens with zero attached hydrogens (tertiary/aromatic N) is 7. The zero-order valence-corrected chi connectivity index (χ0v) is 17.7. The van der Waals surface area contributed by atoms with Crippen LogP contribution in [0.3, 0.4) is 0 Å². The average Bonchev–Trinajstić information content (AvgIpc) is 3.58. The molecule has 0 spiro atoms. The third-order valence-electron chi connectivity index (χ3n) is 5.60. The van der Waals surface area contributed by atoms with Gasteiger partial charge < -0.3 is 15.0 Å². The first-order valence-electron chi connectivity index (χ1n) is 10.7. The van der Waals surface area contributed by atoms with Crippen molar-refractivity contribution in [3.63, 3.8) is 0 Å². The van der Waals surface area contributed by atoms with Crippen molar-refractivity contribution in [2.24, 2.45) is 0 Å². The van der Waals surface area contributed by atoms with Gasteiger partial charge >= 0.3 is 0 Å². The number of ether oxygens (including phenoxy) is 1.